The van der Waals surface area contributed by atoms with Gasteiger partial charge in [-0.05, 0) is 31.1 Å². The highest BCUT2D eigenvalue weighted by Gasteiger charge is 2.39. The summed E-state index contributed by atoms with van der Waals surface area (Å²) in [5.74, 6) is 0.679. The summed E-state index contributed by atoms with van der Waals surface area (Å²) in [6.07, 6.45) is 5.06. The van der Waals surface area contributed by atoms with E-state index in [0.29, 0.717) is 17.7 Å². The molecule has 0 aromatic heterocycles. The summed E-state index contributed by atoms with van der Waals surface area (Å²) in [4.78, 5) is 27.8. The lowest BCUT2D eigenvalue weighted by Gasteiger charge is -2.47. The van der Waals surface area contributed by atoms with Gasteiger partial charge in [-0.15, -0.1) is 0 Å². The highest BCUT2D eigenvalue weighted by Crippen LogP contribution is 2.41. The summed E-state index contributed by atoms with van der Waals surface area (Å²) in [6, 6.07) is 0. The van der Waals surface area contributed by atoms with Crippen molar-refractivity contribution < 1.29 is 9.59 Å². The van der Waals surface area contributed by atoms with Gasteiger partial charge in [0.05, 0.1) is 0 Å². The topological polar surface area (TPSA) is 40.6 Å². The number of nitrogens with zero attached hydrogens (tertiary/aromatic N) is 2. The third-order valence-electron chi connectivity index (χ3n) is 5.11. The van der Waals surface area contributed by atoms with E-state index in [4.69, 9.17) is 0 Å². The van der Waals surface area contributed by atoms with E-state index in [-0.39, 0.29) is 11.8 Å². The van der Waals surface area contributed by atoms with Crippen LogP contribution in [0.2, 0.25) is 0 Å². The molecule has 0 unspecified atom stereocenters. The number of rotatable bonds is 2. The number of hydrogen-bond donors (Lipinski definition) is 0. The summed E-state index contributed by atoms with van der Waals surface area (Å²) in [5.41, 5.74) is 0.387. The van der Waals surface area contributed by atoms with Crippen LogP contribution < -0.4 is 0 Å². The second-order valence-corrected chi connectivity index (χ2v) is 6.71. The van der Waals surface area contributed by atoms with E-state index in [2.05, 4.69) is 0 Å². The quantitative estimate of drug-likeness (QED) is 0.778. The summed E-state index contributed by atoms with van der Waals surface area (Å²) in [7, 11) is 0. The number of carbonyl (C=O) groups excluding carboxylic acids is 2. The molecule has 2 amide bonds. The van der Waals surface area contributed by atoms with Crippen LogP contribution in [-0.4, -0.2) is 47.8 Å². The van der Waals surface area contributed by atoms with Crippen LogP contribution in [0.5, 0.6) is 0 Å². The van der Waals surface area contributed by atoms with E-state index >= 15 is 0 Å². The van der Waals surface area contributed by atoms with Crippen LogP contribution in [0.25, 0.3) is 0 Å². The highest BCUT2D eigenvalue weighted by atomic mass is 16.2. The van der Waals surface area contributed by atoms with Crippen LogP contribution >= 0.6 is 0 Å². The molecule has 0 bridgehead atoms. The third kappa shape index (κ3) is 3.15. The van der Waals surface area contributed by atoms with Gasteiger partial charge in [0.25, 0.3) is 0 Å². The smallest absolute Gasteiger partial charge is 0.225 e. The average Bonchev–Trinajstić information content (AvgIpc) is 2.47. The number of piperidine rings is 2. The fourth-order valence-electron chi connectivity index (χ4n) is 3.52. The van der Waals surface area contributed by atoms with Crippen LogP contribution in [0.1, 0.15) is 52.9 Å². The molecule has 2 saturated heterocycles. The molecule has 0 aliphatic carbocycles. The molecule has 0 aromatic carbocycles. The maximum atomic E-state index is 12.0. The Labute approximate surface area is 122 Å². The fourth-order valence-corrected chi connectivity index (χ4v) is 3.52. The standard InChI is InChI=1S/C16H28N2O2/c1-4-14(19)17-9-5-16(6-10-17)7-11-18(12-8-16)15(20)13(2)3/h13H,4-12H2,1-3H3. The molecule has 114 valence electrons. The van der Waals surface area contributed by atoms with Gasteiger partial charge >= 0.3 is 0 Å². The Kier molecular flexibility index (Phi) is 4.71. The first-order chi connectivity index (χ1) is 9.47. The number of amides is 2. The molecule has 0 radical (unpaired) electrons. The van der Waals surface area contributed by atoms with E-state index in [1.54, 1.807) is 0 Å². The highest BCUT2D eigenvalue weighted by molar-refractivity contribution is 5.78. The van der Waals surface area contributed by atoms with Gasteiger partial charge in [-0.1, -0.05) is 20.8 Å². The van der Waals surface area contributed by atoms with Crippen molar-refractivity contribution in [2.75, 3.05) is 26.2 Å². The van der Waals surface area contributed by atoms with Gasteiger partial charge in [0.1, 0.15) is 0 Å². The molecular formula is C16H28N2O2. The van der Waals surface area contributed by atoms with Gasteiger partial charge in [-0.25, -0.2) is 0 Å². The molecule has 20 heavy (non-hydrogen) atoms. The first-order valence-corrected chi connectivity index (χ1v) is 8.04. The van der Waals surface area contributed by atoms with Crippen molar-refractivity contribution in [2.24, 2.45) is 11.3 Å². The molecule has 2 heterocycles. The van der Waals surface area contributed by atoms with Crippen molar-refractivity contribution in [1.82, 2.24) is 9.80 Å². The molecule has 0 N–H and O–H groups in total. The second kappa shape index (κ2) is 6.15. The molecular weight excluding hydrogens is 252 g/mol. The zero-order valence-corrected chi connectivity index (χ0v) is 13.2. The Morgan fingerprint density at radius 1 is 0.950 bits per heavy atom. The van der Waals surface area contributed by atoms with Crippen molar-refractivity contribution in [3.05, 3.63) is 0 Å². The van der Waals surface area contributed by atoms with Gasteiger partial charge in [-0.3, -0.25) is 9.59 Å². The average molecular weight is 280 g/mol. The van der Waals surface area contributed by atoms with Crippen LogP contribution in [-0.2, 0) is 9.59 Å². The second-order valence-electron chi connectivity index (χ2n) is 6.71. The molecule has 0 atom stereocenters. The lowest BCUT2D eigenvalue weighted by molar-refractivity contribution is -0.138. The SMILES string of the molecule is CCC(=O)N1CCC2(CC1)CCN(C(=O)C(C)C)CC2. The zero-order valence-electron chi connectivity index (χ0n) is 13.2. The Morgan fingerprint density at radius 3 is 1.80 bits per heavy atom. The van der Waals surface area contributed by atoms with Crippen molar-refractivity contribution in [3.8, 4) is 0 Å². The van der Waals surface area contributed by atoms with Crippen LogP contribution in [0.3, 0.4) is 0 Å². The number of hydrogen-bond acceptors (Lipinski definition) is 2. The summed E-state index contributed by atoms with van der Waals surface area (Å²) < 4.78 is 0. The molecule has 2 rings (SSSR count). The Balaban J connectivity index is 1.85. The van der Waals surface area contributed by atoms with Gasteiger partial charge in [0.2, 0.25) is 11.8 Å². The fraction of sp³-hybridized carbons (Fsp3) is 0.875. The first-order valence-electron chi connectivity index (χ1n) is 8.04. The molecule has 4 nitrogen and oxygen atoms in total. The van der Waals surface area contributed by atoms with Gasteiger partial charge in [-0.2, -0.15) is 0 Å². The molecule has 0 aromatic rings. The number of carbonyl (C=O) groups is 2. The van der Waals surface area contributed by atoms with Crippen LogP contribution in [0.4, 0.5) is 0 Å². The normalized spacial score (nSPS) is 22.4. The van der Waals surface area contributed by atoms with Gasteiger partial charge in [0.15, 0.2) is 0 Å². The van der Waals surface area contributed by atoms with E-state index in [1.807, 2.05) is 30.6 Å². The van der Waals surface area contributed by atoms with Crippen molar-refractivity contribution in [3.63, 3.8) is 0 Å². The minimum absolute atomic E-state index is 0.105. The van der Waals surface area contributed by atoms with E-state index in [9.17, 15) is 9.59 Å². The Hall–Kier alpha value is -1.06. The maximum absolute atomic E-state index is 12.0. The van der Waals surface area contributed by atoms with Gasteiger partial charge < -0.3 is 9.80 Å². The predicted octanol–water partition coefficient (Wildman–Crippen LogP) is 2.28. The molecule has 2 fully saturated rings. The molecule has 2 aliphatic rings. The van der Waals surface area contributed by atoms with Crippen LogP contribution in [0.15, 0.2) is 0 Å². The Morgan fingerprint density at radius 2 is 1.40 bits per heavy atom. The molecule has 2 aliphatic heterocycles. The van der Waals surface area contributed by atoms with Crippen molar-refractivity contribution >= 4 is 11.8 Å². The van der Waals surface area contributed by atoms with E-state index < -0.39 is 0 Å². The number of likely N-dealkylation sites (tertiary alicyclic amines) is 2. The maximum Gasteiger partial charge on any atom is 0.225 e. The van der Waals surface area contributed by atoms with Crippen molar-refractivity contribution in [1.29, 1.82) is 0 Å². The first kappa shape index (κ1) is 15.3. The zero-order chi connectivity index (χ0) is 14.8. The minimum Gasteiger partial charge on any atom is -0.343 e. The predicted molar refractivity (Wildman–Crippen MR) is 79.2 cm³/mol. The molecule has 1 spiro atoms. The summed E-state index contributed by atoms with van der Waals surface area (Å²) in [6.45, 7) is 9.50. The summed E-state index contributed by atoms with van der Waals surface area (Å²) >= 11 is 0. The third-order valence-corrected chi connectivity index (χ3v) is 5.11. The Bertz CT molecular complexity index is 361. The largest absolute Gasteiger partial charge is 0.343 e. The van der Waals surface area contributed by atoms with E-state index in [0.717, 1.165) is 51.9 Å². The molecule has 4 heteroatoms. The van der Waals surface area contributed by atoms with Crippen LogP contribution in [0, 0.1) is 11.3 Å². The van der Waals surface area contributed by atoms with E-state index in [1.165, 1.54) is 0 Å². The minimum atomic E-state index is 0.105. The molecule has 0 saturated carbocycles. The lowest BCUT2D eigenvalue weighted by atomic mass is 9.71. The van der Waals surface area contributed by atoms with Crippen molar-refractivity contribution in [2.45, 2.75) is 52.9 Å². The monoisotopic (exact) mass is 280 g/mol. The summed E-state index contributed by atoms with van der Waals surface area (Å²) in [5, 5.41) is 0. The van der Waals surface area contributed by atoms with Gasteiger partial charge in [0, 0.05) is 38.5 Å². The lowest BCUT2D eigenvalue weighted by Crippen LogP contribution is -2.49.